The summed E-state index contributed by atoms with van der Waals surface area (Å²) in [6.45, 7) is 13.4. The molecule has 0 spiro atoms. The Labute approximate surface area is 385 Å². The van der Waals surface area contributed by atoms with Crippen LogP contribution in [0.5, 0.6) is 0 Å². The number of rotatable bonds is 25. The normalized spacial score (nSPS) is 14.7. The van der Waals surface area contributed by atoms with Gasteiger partial charge < -0.3 is 35.0 Å². The number of carbonyl (C=O) groups is 6. The lowest BCUT2D eigenvalue weighted by Gasteiger charge is -2.40. The van der Waals surface area contributed by atoms with Gasteiger partial charge in [-0.2, -0.15) is 0 Å². The van der Waals surface area contributed by atoms with E-state index in [-0.39, 0.29) is 55.6 Å². The van der Waals surface area contributed by atoms with Crippen LogP contribution in [0, 0.1) is 17.8 Å². The number of nitrogens with one attached hydrogen (secondary N) is 2. The van der Waals surface area contributed by atoms with E-state index in [0.717, 1.165) is 22.6 Å². The quantitative estimate of drug-likeness (QED) is 0.111. The van der Waals surface area contributed by atoms with Crippen molar-refractivity contribution in [1.29, 1.82) is 0 Å². The number of benzene rings is 2. The number of likely N-dealkylation sites (N-methyl/N-ethyl adjacent to an activating group) is 4. The molecule has 3 rings (SSSR count). The maximum Gasteiger partial charge on any atom is 0.246 e. The van der Waals surface area contributed by atoms with E-state index in [0.29, 0.717) is 12.8 Å². The number of carbonyl (C=O) groups excluding carboxylic acids is 6. The lowest BCUT2D eigenvalue weighted by molar-refractivity contribution is -0.153. The minimum absolute atomic E-state index is 0.0801. The first kappa shape index (κ1) is 53.2. The fourth-order valence-electron chi connectivity index (χ4n) is 8.02. The first-order chi connectivity index (χ1) is 30.4. The van der Waals surface area contributed by atoms with Crippen molar-refractivity contribution >= 4 is 46.8 Å². The summed E-state index contributed by atoms with van der Waals surface area (Å²) in [5.41, 5.74) is 1.71. The van der Waals surface area contributed by atoms with Gasteiger partial charge in [-0.25, -0.2) is 4.98 Å². The van der Waals surface area contributed by atoms with Crippen molar-refractivity contribution in [1.82, 2.24) is 35.2 Å². The summed E-state index contributed by atoms with van der Waals surface area (Å²) < 4.78 is 5.51. The van der Waals surface area contributed by atoms with Gasteiger partial charge in [0.05, 0.1) is 19.1 Å². The van der Waals surface area contributed by atoms with Crippen molar-refractivity contribution < 1.29 is 33.5 Å². The van der Waals surface area contributed by atoms with Crippen LogP contribution in [0.4, 0.5) is 0 Å². The third-order valence-corrected chi connectivity index (χ3v) is 12.7. The molecule has 15 heteroatoms. The molecule has 0 unspecified atom stereocenters. The van der Waals surface area contributed by atoms with E-state index in [4.69, 9.17) is 4.74 Å². The van der Waals surface area contributed by atoms with E-state index in [1.54, 1.807) is 46.4 Å². The SMILES string of the molecule is CCC[C@H](CC(=O)N[C@@H](Cc1ccccc1)C(=O)N(C)[C@H](C(=O)N[C@H](C(=O)N(C)[C@H](C(=O)N(C)[C@@H](Cc1ccccc1)C(=O)N(C)Cc1nccs1)[C@@H](C)CC)C(C)C)C(C)C)OC. The molecule has 0 aliphatic rings. The van der Waals surface area contributed by atoms with E-state index < -0.39 is 59.8 Å². The van der Waals surface area contributed by atoms with Gasteiger partial charge in [0.15, 0.2) is 0 Å². The largest absolute Gasteiger partial charge is 0.381 e. The second kappa shape index (κ2) is 26.0. The smallest absolute Gasteiger partial charge is 0.246 e. The van der Waals surface area contributed by atoms with Crippen molar-refractivity contribution in [2.45, 2.75) is 130 Å². The van der Waals surface area contributed by atoms with E-state index in [1.807, 2.05) is 115 Å². The van der Waals surface area contributed by atoms with Crippen LogP contribution in [0.3, 0.4) is 0 Å². The Hall–Kier alpha value is -5.15. The van der Waals surface area contributed by atoms with Gasteiger partial charge in [0.2, 0.25) is 35.4 Å². The van der Waals surface area contributed by atoms with Gasteiger partial charge in [-0.1, -0.05) is 122 Å². The number of methoxy groups -OCH3 is 1. The summed E-state index contributed by atoms with van der Waals surface area (Å²) in [7, 11) is 7.97. The molecule has 2 N–H and O–H groups in total. The number of thiazole rings is 1. The molecule has 6 amide bonds. The van der Waals surface area contributed by atoms with Crippen molar-refractivity contribution in [3.8, 4) is 0 Å². The molecule has 1 aromatic heterocycles. The Balaban J connectivity index is 1.91. The van der Waals surface area contributed by atoms with Crippen LogP contribution < -0.4 is 10.6 Å². The van der Waals surface area contributed by atoms with E-state index >= 15 is 0 Å². The van der Waals surface area contributed by atoms with Crippen LogP contribution >= 0.6 is 11.3 Å². The van der Waals surface area contributed by atoms with Crippen LogP contribution in [0.15, 0.2) is 72.2 Å². The monoisotopic (exact) mass is 904 g/mol. The molecule has 3 aromatic rings. The number of hydrogen-bond donors (Lipinski definition) is 2. The van der Waals surface area contributed by atoms with Crippen molar-refractivity contribution in [3.05, 3.63) is 88.4 Å². The predicted octanol–water partition coefficient (Wildman–Crippen LogP) is 5.60. The van der Waals surface area contributed by atoms with E-state index in [2.05, 4.69) is 15.6 Å². The van der Waals surface area contributed by atoms with Crippen LogP contribution in [0.2, 0.25) is 0 Å². The number of hydrogen-bond acceptors (Lipinski definition) is 9. The molecule has 0 saturated heterocycles. The molecule has 7 atom stereocenters. The Morgan fingerprint density at radius 3 is 1.78 bits per heavy atom. The van der Waals surface area contributed by atoms with Crippen molar-refractivity contribution in [2.75, 3.05) is 35.3 Å². The lowest BCUT2D eigenvalue weighted by Crippen LogP contribution is -2.62. The molecular formula is C49H73N7O7S. The maximum atomic E-state index is 14.8. The highest BCUT2D eigenvalue weighted by Gasteiger charge is 2.42. The molecule has 2 aromatic carbocycles. The molecule has 0 fully saturated rings. The van der Waals surface area contributed by atoms with Crippen LogP contribution in [-0.4, -0.2) is 132 Å². The van der Waals surface area contributed by atoms with Crippen LogP contribution in [-0.2, 0) is 52.9 Å². The van der Waals surface area contributed by atoms with E-state index in [1.165, 1.54) is 26.0 Å². The topological polar surface area (TPSA) is 162 Å². The zero-order valence-corrected chi connectivity index (χ0v) is 40.9. The van der Waals surface area contributed by atoms with Gasteiger partial charge in [-0.3, -0.25) is 28.8 Å². The summed E-state index contributed by atoms with van der Waals surface area (Å²) in [5.74, 6) is -3.60. The van der Waals surface area contributed by atoms with Crippen LogP contribution in [0.1, 0.15) is 90.3 Å². The zero-order valence-electron chi connectivity index (χ0n) is 40.1. The van der Waals surface area contributed by atoms with E-state index in [9.17, 15) is 28.8 Å². The first-order valence-corrected chi connectivity index (χ1v) is 23.4. The van der Waals surface area contributed by atoms with Crippen LogP contribution in [0.25, 0.3) is 0 Å². The highest BCUT2D eigenvalue weighted by atomic mass is 32.1. The predicted molar refractivity (Wildman–Crippen MR) is 252 cm³/mol. The Morgan fingerprint density at radius 1 is 0.703 bits per heavy atom. The zero-order chi connectivity index (χ0) is 47.7. The summed E-state index contributed by atoms with van der Waals surface area (Å²) in [4.78, 5) is 96.0. The molecule has 1 heterocycles. The third-order valence-electron chi connectivity index (χ3n) is 12.0. The number of ether oxygens (including phenoxy) is 1. The highest BCUT2D eigenvalue weighted by Crippen LogP contribution is 2.23. The van der Waals surface area contributed by atoms with Gasteiger partial charge in [0.25, 0.3) is 0 Å². The van der Waals surface area contributed by atoms with Gasteiger partial charge >= 0.3 is 0 Å². The molecule has 0 bridgehead atoms. The Bertz CT molecular complexity index is 1930. The first-order valence-electron chi connectivity index (χ1n) is 22.5. The van der Waals surface area contributed by atoms with Gasteiger partial charge in [-0.15, -0.1) is 11.3 Å². The average molecular weight is 904 g/mol. The Kier molecular flexibility index (Phi) is 21.6. The van der Waals surface area contributed by atoms with Gasteiger partial charge in [0.1, 0.15) is 35.2 Å². The molecule has 14 nitrogen and oxygen atoms in total. The highest BCUT2D eigenvalue weighted by molar-refractivity contribution is 7.09. The standard InChI is InChI=1S/C49H73N7O7S/c1-13-21-37(63-12)30-40(57)51-38(28-35-22-17-15-18-23-35)46(59)55(10)43(33(5)6)45(58)52-42(32(3)4)48(61)56(11)44(34(7)14-2)49(62)54(9)39(29-36-24-19-16-20-25-36)47(60)53(8)31-41-50-26-27-64-41/h15-20,22-27,32-34,37-39,42-44H,13-14,21,28-31H2,1-12H3,(H,51,57)(H,52,58)/t34-,37+,38-,39-,42-,43-,44-/m0/s1. The molecule has 0 radical (unpaired) electrons. The summed E-state index contributed by atoms with van der Waals surface area (Å²) >= 11 is 1.44. The number of amides is 6. The number of aromatic nitrogens is 1. The molecule has 0 saturated carbocycles. The average Bonchev–Trinajstić information content (AvgIpc) is 3.79. The minimum Gasteiger partial charge on any atom is -0.381 e. The Morgan fingerprint density at radius 2 is 1.28 bits per heavy atom. The maximum absolute atomic E-state index is 14.8. The summed E-state index contributed by atoms with van der Waals surface area (Å²) in [6.07, 6.45) is 3.98. The molecule has 64 heavy (non-hydrogen) atoms. The van der Waals surface area contributed by atoms with Crippen molar-refractivity contribution in [3.63, 3.8) is 0 Å². The minimum atomic E-state index is -1.07. The summed E-state index contributed by atoms with van der Waals surface area (Å²) in [5, 5.41) is 8.50. The number of nitrogens with zero attached hydrogens (tertiary/aromatic N) is 5. The molecule has 0 aliphatic carbocycles. The molecule has 0 aliphatic heterocycles. The fraction of sp³-hybridized carbons (Fsp3) is 0.571. The third kappa shape index (κ3) is 15.0. The molecule has 352 valence electrons. The summed E-state index contributed by atoms with van der Waals surface area (Å²) in [6, 6.07) is 13.9. The molecular weight excluding hydrogens is 831 g/mol. The van der Waals surface area contributed by atoms with Gasteiger partial charge in [0, 0.05) is 59.7 Å². The fourth-order valence-corrected chi connectivity index (χ4v) is 8.69. The van der Waals surface area contributed by atoms with Gasteiger partial charge in [-0.05, 0) is 35.3 Å². The second-order valence-electron chi connectivity index (χ2n) is 17.6. The second-order valence-corrected chi connectivity index (χ2v) is 18.6. The lowest BCUT2D eigenvalue weighted by atomic mass is 9.93. The van der Waals surface area contributed by atoms with Crippen molar-refractivity contribution in [2.24, 2.45) is 17.8 Å².